The van der Waals surface area contributed by atoms with Crippen molar-refractivity contribution < 1.29 is 13.9 Å². The van der Waals surface area contributed by atoms with Crippen molar-refractivity contribution in [3.05, 3.63) is 83.8 Å². The largest absolute Gasteiger partial charge is 0.494 e. The van der Waals surface area contributed by atoms with Crippen molar-refractivity contribution in [2.24, 2.45) is 0 Å². The van der Waals surface area contributed by atoms with E-state index >= 15 is 0 Å². The zero-order valence-electron chi connectivity index (χ0n) is 21.1. The third kappa shape index (κ3) is 7.60. The Morgan fingerprint density at radius 3 is 2.56 bits per heavy atom. The molecule has 1 fully saturated rings. The number of rotatable bonds is 10. The SMILES string of the molecule is CN(C)CCCOc1ccc(CN2CCC(NC(=O)c3ccc(-c4cccc(F)c4)nc3)CC2)cc1. The van der Waals surface area contributed by atoms with Crippen LogP contribution in [0.1, 0.15) is 35.2 Å². The molecule has 1 amide bonds. The van der Waals surface area contributed by atoms with Gasteiger partial charge in [-0.25, -0.2) is 4.39 Å². The second-order valence-electron chi connectivity index (χ2n) is 9.62. The summed E-state index contributed by atoms with van der Waals surface area (Å²) in [5.74, 6) is 0.491. The molecule has 0 spiro atoms. The van der Waals surface area contributed by atoms with E-state index < -0.39 is 0 Å². The molecule has 7 heteroatoms. The molecule has 0 aliphatic carbocycles. The molecule has 0 saturated carbocycles. The summed E-state index contributed by atoms with van der Waals surface area (Å²) in [6, 6.07) is 18.3. The van der Waals surface area contributed by atoms with Crippen LogP contribution in [0.2, 0.25) is 0 Å². The predicted molar refractivity (Wildman–Crippen MR) is 141 cm³/mol. The number of carbonyl (C=O) groups excluding carboxylic acids is 1. The quantitative estimate of drug-likeness (QED) is 0.421. The van der Waals surface area contributed by atoms with Gasteiger partial charge in [0.25, 0.3) is 5.91 Å². The molecule has 2 heterocycles. The van der Waals surface area contributed by atoms with Crippen molar-refractivity contribution in [3.8, 4) is 17.0 Å². The number of pyridine rings is 1. The van der Waals surface area contributed by atoms with Crippen molar-refractivity contribution in [2.75, 3.05) is 40.3 Å². The highest BCUT2D eigenvalue weighted by Crippen LogP contribution is 2.19. The van der Waals surface area contributed by atoms with E-state index in [9.17, 15) is 9.18 Å². The summed E-state index contributed by atoms with van der Waals surface area (Å²) in [7, 11) is 4.14. The Kier molecular flexibility index (Phi) is 9.03. The highest BCUT2D eigenvalue weighted by atomic mass is 19.1. The van der Waals surface area contributed by atoms with E-state index in [0.717, 1.165) is 57.8 Å². The molecule has 0 unspecified atom stereocenters. The van der Waals surface area contributed by atoms with Crippen molar-refractivity contribution in [3.63, 3.8) is 0 Å². The lowest BCUT2D eigenvalue weighted by molar-refractivity contribution is 0.0908. The van der Waals surface area contributed by atoms with E-state index in [1.54, 1.807) is 30.5 Å². The maximum Gasteiger partial charge on any atom is 0.253 e. The third-order valence-electron chi connectivity index (χ3n) is 6.42. The first-order valence-corrected chi connectivity index (χ1v) is 12.6. The van der Waals surface area contributed by atoms with Gasteiger partial charge >= 0.3 is 0 Å². The maximum absolute atomic E-state index is 13.5. The van der Waals surface area contributed by atoms with E-state index in [-0.39, 0.29) is 17.8 Å². The van der Waals surface area contributed by atoms with Gasteiger partial charge in [0.15, 0.2) is 0 Å². The summed E-state index contributed by atoms with van der Waals surface area (Å²) in [5, 5.41) is 3.14. The van der Waals surface area contributed by atoms with Gasteiger partial charge in [0.05, 0.1) is 17.9 Å². The first-order chi connectivity index (χ1) is 17.5. The molecule has 36 heavy (non-hydrogen) atoms. The molecule has 190 valence electrons. The molecule has 1 aromatic heterocycles. The third-order valence-corrected chi connectivity index (χ3v) is 6.42. The Bertz CT molecular complexity index is 1110. The van der Waals surface area contributed by atoms with Crippen LogP contribution in [-0.4, -0.2) is 67.1 Å². The van der Waals surface area contributed by atoms with Crippen molar-refractivity contribution >= 4 is 5.91 Å². The van der Waals surface area contributed by atoms with Gasteiger partial charge < -0.3 is 15.0 Å². The summed E-state index contributed by atoms with van der Waals surface area (Å²) < 4.78 is 19.3. The first-order valence-electron chi connectivity index (χ1n) is 12.6. The minimum absolute atomic E-state index is 0.118. The Balaban J connectivity index is 1.19. The van der Waals surface area contributed by atoms with Gasteiger partial charge in [-0.05, 0) is 75.3 Å². The van der Waals surface area contributed by atoms with E-state index in [1.165, 1.54) is 17.7 Å². The standard InChI is InChI=1S/C29H35FN4O2/c1-33(2)15-4-18-36-27-10-7-22(8-11-27)21-34-16-13-26(14-17-34)32-29(35)24-9-12-28(31-20-24)23-5-3-6-25(30)19-23/h3,5-12,19-20,26H,4,13-18,21H2,1-2H3,(H,32,35). The van der Waals surface area contributed by atoms with Crippen molar-refractivity contribution in [2.45, 2.75) is 31.8 Å². The Hall–Kier alpha value is -3.29. The van der Waals surface area contributed by atoms with Gasteiger partial charge in [-0.1, -0.05) is 24.3 Å². The minimum atomic E-state index is -0.306. The van der Waals surface area contributed by atoms with Crippen LogP contribution in [0, 0.1) is 5.82 Å². The second kappa shape index (κ2) is 12.6. The molecule has 1 N–H and O–H groups in total. The summed E-state index contributed by atoms with van der Waals surface area (Å²) in [5.41, 5.74) is 3.11. The van der Waals surface area contributed by atoms with Crippen LogP contribution in [0.25, 0.3) is 11.3 Å². The van der Waals surface area contributed by atoms with Crippen LogP contribution in [0.4, 0.5) is 4.39 Å². The second-order valence-corrected chi connectivity index (χ2v) is 9.62. The van der Waals surface area contributed by atoms with Crippen LogP contribution >= 0.6 is 0 Å². The zero-order valence-corrected chi connectivity index (χ0v) is 21.1. The fourth-order valence-electron chi connectivity index (χ4n) is 4.37. The predicted octanol–water partition coefficient (Wildman–Crippen LogP) is 4.61. The van der Waals surface area contributed by atoms with Crippen molar-refractivity contribution in [1.82, 2.24) is 20.1 Å². The average Bonchev–Trinajstić information content (AvgIpc) is 2.89. The first kappa shape index (κ1) is 25.8. The molecular weight excluding hydrogens is 455 g/mol. The summed E-state index contributed by atoms with van der Waals surface area (Å²) in [6.45, 7) is 4.51. The molecule has 0 bridgehead atoms. The number of aromatic nitrogens is 1. The van der Waals surface area contributed by atoms with Crippen LogP contribution < -0.4 is 10.1 Å². The van der Waals surface area contributed by atoms with Gasteiger partial charge in [0.1, 0.15) is 11.6 Å². The molecule has 0 radical (unpaired) electrons. The van der Waals surface area contributed by atoms with Crippen molar-refractivity contribution in [1.29, 1.82) is 0 Å². The lowest BCUT2D eigenvalue weighted by Crippen LogP contribution is -2.44. The number of likely N-dealkylation sites (tertiary alicyclic amines) is 1. The molecule has 0 atom stereocenters. The summed E-state index contributed by atoms with van der Waals surface area (Å²) >= 11 is 0. The fraction of sp³-hybridized carbons (Fsp3) is 0.379. The van der Waals surface area contributed by atoms with E-state index in [4.69, 9.17) is 4.74 Å². The molecule has 2 aromatic carbocycles. The lowest BCUT2D eigenvalue weighted by atomic mass is 10.0. The topological polar surface area (TPSA) is 57.7 Å². The van der Waals surface area contributed by atoms with Crippen LogP contribution in [0.15, 0.2) is 66.9 Å². The fourth-order valence-corrected chi connectivity index (χ4v) is 4.37. The summed E-state index contributed by atoms with van der Waals surface area (Å²) in [6.07, 6.45) is 4.39. The molecule has 6 nitrogen and oxygen atoms in total. The minimum Gasteiger partial charge on any atom is -0.494 e. The lowest BCUT2D eigenvalue weighted by Gasteiger charge is -2.32. The van der Waals surface area contributed by atoms with Crippen LogP contribution in [-0.2, 0) is 6.54 Å². The number of nitrogens with zero attached hydrogens (tertiary/aromatic N) is 3. The number of halogens is 1. The zero-order chi connectivity index (χ0) is 25.3. The van der Waals surface area contributed by atoms with E-state index in [2.05, 4.69) is 46.3 Å². The number of hydrogen-bond donors (Lipinski definition) is 1. The molecule has 1 aliphatic heterocycles. The molecule has 1 saturated heterocycles. The van der Waals surface area contributed by atoms with Crippen LogP contribution in [0.5, 0.6) is 5.75 Å². The van der Waals surface area contributed by atoms with Gasteiger partial charge in [-0.15, -0.1) is 0 Å². The number of amides is 1. The number of nitrogens with one attached hydrogen (secondary N) is 1. The molecule has 4 rings (SSSR count). The maximum atomic E-state index is 13.5. The Labute approximate surface area is 213 Å². The van der Waals surface area contributed by atoms with Gasteiger partial charge in [0.2, 0.25) is 0 Å². The van der Waals surface area contributed by atoms with E-state index in [0.29, 0.717) is 16.8 Å². The Morgan fingerprint density at radius 1 is 1.11 bits per heavy atom. The highest BCUT2D eigenvalue weighted by molar-refractivity contribution is 5.94. The summed E-state index contributed by atoms with van der Waals surface area (Å²) in [4.78, 5) is 21.6. The number of carbonyl (C=O) groups is 1. The normalized spacial score (nSPS) is 14.7. The van der Waals surface area contributed by atoms with E-state index in [1.807, 2.05) is 12.1 Å². The number of hydrogen-bond acceptors (Lipinski definition) is 5. The van der Waals surface area contributed by atoms with Gasteiger partial charge in [-0.2, -0.15) is 0 Å². The Morgan fingerprint density at radius 2 is 1.89 bits per heavy atom. The smallest absolute Gasteiger partial charge is 0.253 e. The van der Waals surface area contributed by atoms with Crippen LogP contribution in [0.3, 0.4) is 0 Å². The van der Waals surface area contributed by atoms with Gasteiger partial charge in [0, 0.05) is 44.0 Å². The number of benzene rings is 2. The highest BCUT2D eigenvalue weighted by Gasteiger charge is 2.21. The number of piperidine rings is 1. The average molecular weight is 491 g/mol. The monoisotopic (exact) mass is 490 g/mol. The molecule has 1 aliphatic rings. The molecule has 3 aromatic rings. The van der Waals surface area contributed by atoms with Gasteiger partial charge in [-0.3, -0.25) is 14.7 Å². The number of ether oxygens (including phenoxy) is 1. The molecular formula is C29H35FN4O2.